The van der Waals surface area contributed by atoms with Gasteiger partial charge in [-0.3, -0.25) is 4.52 Å². The van der Waals surface area contributed by atoms with Crippen molar-refractivity contribution in [1.29, 1.82) is 0 Å². The molecular weight excluding hydrogens is 445 g/mol. The van der Waals surface area contributed by atoms with E-state index in [2.05, 4.69) is 40.1 Å². The molecule has 0 heterocycles. The van der Waals surface area contributed by atoms with Gasteiger partial charge in [0.15, 0.2) is 0 Å². The molecule has 0 saturated heterocycles. The van der Waals surface area contributed by atoms with Crippen LogP contribution in [0.5, 0.6) is 0 Å². The van der Waals surface area contributed by atoms with Gasteiger partial charge in [0.1, 0.15) is 12.6 Å². The van der Waals surface area contributed by atoms with Crippen molar-refractivity contribution in [2.45, 2.75) is 142 Å². The van der Waals surface area contributed by atoms with Gasteiger partial charge in [-0.25, -0.2) is 4.57 Å². The van der Waals surface area contributed by atoms with Crippen molar-refractivity contribution >= 4 is 7.82 Å². The summed E-state index contributed by atoms with van der Waals surface area (Å²) in [4.78, 5) is 18.4. The van der Waals surface area contributed by atoms with Crippen LogP contribution in [0, 0.1) is 0 Å². The van der Waals surface area contributed by atoms with E-state index in [9.17, 15) is 14.4 Å². The first-order valence-corrected chi connectivity index (χ1v) is 15.9. The van der Waals surface area contributed by atoms with Gasteiger partial charge in [-0.15, -0.1) is 0 Å². The van der Waals surface area contributed by atoms with E-state index in [-0.39, 0.29) is 6.10 Å². The first-order chi connectivity index (χ1) is 16.2. The van der Waals surface area contributed by atoms with Gasteiger partial charge < -0.3 is 14.3 Å². The van der Waals surface area contributed by atoms with Gasteiger partial charge in [0, 0.05) is 0 Å². The van der Waals surface area contributed by atoms with E-state index in [1.807, 2.05) is 0 Å². The molecule has 34 heavy (non-hydrogen) atoms. The Kier molecular flexibility index (Phi) is 21.9. The Labute approximate surface area is 212 Å². The third kappa shape index (κ3) is 24.9. The molecule has 0 aromatic carbocycles. The number of hydrogen-bond acceptors (Lipinski definition) is 2. The number of likely N-dealkylation sites (N-methyl/N-ethyl adjacent to an activating group) is 1. The molecule has 1 atom stereocenters. The number of phosphoric acid groups is 1. The summed E-state index contributed by atoms with van der Waals surface area (Å²) >= 11 is 0. The van der Waals surface area contributed by atoms with Crippen LogP contribution in [0.25, 0.3) is 0 Å². The summed E-state index contributed by atoms with van der Waals surface area (Å²) in [5.74, 6) is 0. The highest BCUT2D eigenvalue weighted by molar-refractivity contribution is 7.46. The number of hydrogen-bond donors (Lipinski definition) is 2. The molecule has 6 heteroatoms. The number of allylic oxidation sites excluding steroid dienone is 2. The molecule has 0 rings (SSSR count). The van der Waals surface area contributed by atoms with Gasteiger partial charge in [-0.05, 0) is 39.0 Å². The van der Waals surface area contributed by atoms with Crippen LogP contribution >= 0.6 is 7.82 Å². The molecule has 0 aliphatic heterocycles. The third-order valence-corrected chi connectivity index (χ3v) is 7.45. The molecular formula is C28H59NO4P+. The Morgan fingerprint density at radius 1 is 0.706 bits per heavy atom. The van der Waals surface area contributed by atoms with Crippen LogP contribution in [0.15, 0.2) is 12.2 Å². The normalized spacial score (nSPS) is 13.7. The van der Waals surface area contributed by atoms with E-state index in [4.69, 9.17) is 4.52 Å². The van der Waals surface area contributed by atoms with Crippen LogP contribution in [0.1, 0.15) is 136 Å². The maximum Gasteiger partial charge on any atom is 0.470 e. The van der Waals surface area contributed by atoms with Crippen molar-refractivity contribution in [3.8, 4) is 0 Å². The third-order valence-electron chi connectivity index (χ3n) is 6.88. The fraction of sp³-hybridized carbons (Fsp3) is 0.929. The standard InChI is InChI=1S/C28H58NO4P/c1-5-7-8-9-10-11-12-13-14-15-16-17-18-19-20-21-22-23-24-25-26-28(33-34(30,31)32)27-29(3,4)6-2/h13-14,28H,5-12,15-27H2,1-4H3,(H-,30,31,32)/p+1/b14-13+. The minimum Gasteiger partial charge on any atom is -0.327 e. The Hall–Kier alpha value is -0.190. The van der Waals surface area contributed by atoms with Crippen molar-refractivity contribution < 1.29 is 23.4 Å². The van der Waals surface area contributed by atoms with Crippen molar-refractivity contribution in [3.05, 3.63) is 12.2 Å². The molecule has 2 N–H and O–H groups in total. The van der Waals surface area contributed by atoms with E-state index in [0.29, 0.717) is 11.0 Å². The number of phosphoric ester groups is 1. The Balaban J connectivity index is 3.55. The largest absolute Gasteiger partial charge is 0.470 e. The lowest BCUT2D eigenvalue weighted by Crippen LogP contribution is -2.45. The molecule has 0 aromatic rings. The summed E-state index contributed by atoms with van der Waals surface area (Å²) in [5, 5.41) is 0. The van der Waals surface area contributed by atoms with Crippen LogP contribution in [0.2, 0.25) is 0 Å². The second-order valence-electron chi connectivity index (χ2n) is 10.8. The minimum atomic E-state index is -4.43. The van der Waals surface area contributed by atoms with Crippen molar-refractivity contribution in [1.82, 2.24) is 0 Å². The van der Waals surface area contributed by atoms with Crippen LogP contribution in [-0.4, -0.2) is 47.6 Å². The number of quaternary nitrogens is 1. The number of nitrogens with zero attached hydrogens (tertiary/aromatic N) is 1. The van der Waals surface area contributed by atoms with Crippen LogP contribution in [0.4, 0.5) is 0 Å². The summed E-state index contributed by atoms with van der Waals surface area (Å²) in [5.41, 5.74) is 0. The lowest BCUT2D eigenvalue weighted by atomic mass is 10.0. The minimum absolute atomic E-state index is 0.374. The second-order valence-corrected chi connectivity index (χ2v) is 12.0. The lowest BCUT2D eigenvalue weighted by molar-refractivity contribution is -0.891. The molecule has 1 unspecified atom stereocenters. The highest BCUT2D eigenvalue weighted by Crippen LogP contribution is 2.39. The summed E-state index contributed by atoms with van der Waals surface area (Å²) in [6, 6.07) is 0. The van der Waals surface area contributed by atoms with Crippen LogP contribution in [0.3, 0.4) is 0 Å². The Morgan fingerprint density at radius 3 is 1.53 bits per heavy atom. The molecule has 0 amide bonds. The van der Waals surface area contributed by atoms with Crippen LogP contribution in [-0.2, 0) is 9.09 Å². The van der Waals surface area contributed by atoms with Gasteiger partial charge in [0.05, 0.1) is 20.6 Å². The highest BCUT2D eigenvalue weighted by Gasteiger charge is 2.27. The van der Waals surface area contributed by atoms with E-state index >= 15 is 0 Å². The SMILES string of the molecule is CCCCCCCC/C=C/CCCCCCCCCCCCC(C[N+](C)(C)CC)OP(=O)(O)O. The second kappa shape index (κ2) is 22.0. The summed E-state index contributed by atoms with van der Waals surface area (Å²) in [6.45, 7) is 5.91. The maximum atomic E-state index is 11.3. The molecule has 0 bridgehead atoms. The average molecular weight is 505 g/mol. The molecule has 0 spiro atoms. The van der Waals surface area contributed by atoms with E-state index in [0.717, 1.165) is 25.8 Å². The zero-order valence-electron chi connectivity index (χ0n) is 23.2. The predicted molar refractivity (Wildman–Crippen MR) is 147 cm³/mol. The van der Waals surface area contributed by atoms with Gasteiger partial charge in [-0.2, -0.15) is 0 Å². The number of rotatable bonds is 25. The molecule has 0 radical (unpaired) electrons. The summed E-state index contributed by atoms with van der Waals surface area (Å²) in [7, 11) is -0.281. The first-order valence-electron chi connectivity index (χ1n) is 14.4. The molecule has 5 nitrogen and oxygen atoms in total. The van der Waals surface area contributed by atoms with Gasteiger partial charge in [0.25, 0.3) is 0 Å². The van der Waals surface area contributed by atoms with E-state index in [1.165, 1.54) is 103 Å². The summed E-state index contributed by atoms with van der Waals surface area (Å²) < 4.78 is 17.1. The molecule has 204 valence electrons. The van der Waals surface area contributed by atoms with Gasteiger partial charge >= 0.3 is 7.82 Å². The molecule has 0 aliphatic carbocycles. The van der Waals surface area contributed by atoms with Crippen molar-refractivity contribution in [3.63, 3.8) is 0 Å². The highest BCUT2D eigenvalue weighted by atomic mass is 31.2. The zero-order valence-corrected chi connectivity index (χ0v) is 24.1. The van der Waals surface area contributed by atoms with Gasteiger partial charge in [-0.1, -0.05) is 109 Å². The fourth-order valence-electron chi connectivity index (χ4n) is 4.38. The van der Waals surface area contributed by atoms with E-state index < -0.39 is 7.82 Å². The lowest BCUT2D eigenvalue weighted by Gasteiger charge is -2.32. The van der Waals surface area contributed by atoms with Crippen LogP contribution < -0.4 is 0 Å². The topological polar surface area (TPSA) is 66.8 Å². The Morgan fingerprint density at radius 2 is 1.12 bits per heavy atom. The molecule has 0 fully saturated rings. The summed E-state index contributed by atoms with van der Waals surface area (Å²) in [6.07, 6.45) is 28.5. The zero-order chi connectivity index (χ0) is 25.5. The predicted octanol–water partition coefficient (Wildman–Crippen LogP) is 8.55. The monoisotopic (exact) mass is 504 g/mol. The van der Waals surface area contributed by atoms with Crippen molar-refractivity contribution in [2.75, 3.05) is 27.2 Å². The Bertz CT molecular complexity index is 519. The number of unbranched alkanes of at least 4 members (excludes halogenated alkanes) is 16. The quantitative estimate of drug-likeness (QED) is 0.0565. The fourth-order valence-corrected chi connectivity index (χ4v) is 4.94. The first kappa shape index (κ1) is 33.8. The molecule has 0 aromatic heterocycles. The average Bonchev–Trinajstić information content (AvgIpc) is 2.76. The van der Waals surface area contributed by atoms with Crippen molar-refractivity contribution in [2.24, 2.45) is 0 Å². The molecule has 0 saturated carbocycles. The van der Waals surface area contributed by atoms with E-state index in [1.54, 1.807) is 0 Å². The maximum absolute atomic E-state index is 11.3. The molecule has 0 aliphatic rings. The van der Waals surface area contributed by atoms with Gasteiger partial charge in [0.2, 0.25) is 0 Å². The smallest absolute Gasteiger partial charge is 0.327 e.